The van der Waals surface area contributed by atoms with Crippen LogP contribution in [0.4, 0.5) is 5.69 Å². The molecule has 2 aromatic rings. The molecular weight excluding hydrogens is 393 g/mol. The molecule has 4 nitrogen and oxygen atoms in total. The number of ketones is 1. The number of rotatable bonds is 5. The van der Waals surface area contributed by atoms with Gasteiger partial charge in [0.1, 0.15) is 5.75 Å². The van der Waals surface area contributed by atoms with Crippen LogP contribution < -0.4 is 10.1 Å². The Morgan fingerprint density at radius 1 is 1.14 bits per heavy atom. The Kier molecular flexibility index (Phi) is 5.54. The van der Waals surface area contributed by atoms with Crippen molar-refractivity contribution in [3.63, 3.8) is 0 Å². The van der Waals surface area contributed by atoms with Crippen LogP contribution in [0.25, 0.3) is 0 Å². The van der Waals surface area contributed by atoms with Gasteiger partial charge in [-0.1, -0.05) is 6.07 Å². The lowest BCUT2D eigenvalue weighted by molar-refractivity contribution is -0.122. The smallest absolute Gasteiger partial charge is 0.265 e. The fourth-order valence-corrected chi connectivity index (χ4v) is 2.38. The van der Waals surface area contributed by atoms with Gasteiger partial charge in [0, 0.05) is 14.8 Å². The molecule has 1 amide bonds. The van der Waals surface area contributed by atoms with Gasteiger partial charge in [-0.05, 0) is 78.9 Å². The third-order valence-electron chi connectivity index (χ3n) is 3.04. The Labute approximate surface area is 143 Å². The molecule has 0 aliphatic carbocycles. The average molecular weight is 409 g/mol. The first-order valence-corrected chi connectivity index (χ1v) is 7.87. The summed E-state index contributed by atoms with van der Waals surface area (Å²) < 4.78 is 6.63. The van der Waals surface area contributed by atoms with E-state index in [-0.39, 0.29) is 11.7 Å². The summed E-state index contributed by atoms with van der Waals surface area (Å²) in [5, 5.41) is 2.81. The van der Waals surface area contributed by atoms with Crippen molar-refractivity contribution in [1.82, 2.24) is 0 Å². The van der Waals surface area contributed by atoms with Crippen molar-refractivity contribution in [3.8, 4) is 5.75 Å². The Hall–Kier alpha value is -1.89. The number of nitrogens with one attached hydrogen (secondary N) is 1. The molecule has 0 fully saturated rings. The summed E-state index contributed by atoms with van der Waals surface area (Å²) in [5.74, 6) is 0.323. The van der Waals surface area contributed by atoms with Crippen molar-refractivity contribution in [1.29, 1.82) is 0 Å². The Morgan fingerprint density at radius 2 is 1.82 bits per heavy atom. The molecule has 0 aliphatic rings. The van der Waals surface area contributed by atoms with Gasteiger partial charge in [-0.3, -0.25) is 9.59 Å². The van der Waals surface area contributed by atoms with E-state index in [1.54, 1.807) is 31.2 Å². The maximum absolute atomic E-state index is 12.1. The van der Waals surface area contributed by atoms with Crippen molar-refractivity contribution in [2.24, 2.45) is 0 Å². The summed E-state index contributed by atoms with van der Waals surface area (Å²) in [7, 11) is 0. The lowest BCUT2D eigenvalue weighted by Crippen LogP contribution is -2.30. The van der Waals surface area contributed by atoms with E-state index >= 15 is 0 Å². The minimum Gasteiger partial charge on any atom is -0.481 e. The number of hydrogen-bond donors (Lipinski definition) is 1. The fourth-order valence-electron chi connectivity index (χ4n) is 1.84. The molecule has 2 rings (SSSR count). The number of carbonyl (C=O) groups is 2. The second-order valence-electron chi connectivity index (χ2n) is 4.84. The number of ether oxygens (including phenoxy) is 1. The third kappa shape index (κ3) is 4.56. The van der Waals surface area contributed by atoms with Gasteiger partial charge in [0.05, 0.1) is 0 Å². The van der Waals surface area contributed by atoms with Crippen LogP contribution in [-0.2, 0) is 4.79 Å². The van der Waals surface area contributed by atoms with Gasteiger partial charge < -0.3 is 10.1 Å². The fraction of sp³-hybridized carbons (Fsp3) is 0.176. The number of halogens is 1. The van der Waals surface area contributed by atoms with E-state index < -0.39 is 6.10 Å². The predicted octanol–water partition coefficient (Wildman–Crippen LogP) is 3.90. The van der Waals surface area contributed by atoms with Crippen LogP contribution in [0.2, 0.25) is 0 Å². The zero-order chi connectivity index (χ0) is 16.1. The first kappa shape index (κ1) is 16.5. The van der Waals surface area contributed by atoms with Crippen LogP contribution in [0.3, 0.4) is 0 Å². The molecule has 0 saturated carbocycles. The van der Waals surface area contributed by atoms with E-state index in [0.717, 1.165) is 9.26 Å². The third-order valence-corrected chi connectivity index (χ3v) is 3.71. The monoisotopic (exact) mass is 409 g/mol. The zero-order valence-electron chi connectivity index (χ0n) is 12.3. The van der Waals surface area contributed by atoms with Gasteiger partial charge in [0.25, 0.3) is 5.91 Å². The summed E-state index contributed by atoms with van der Waals surface area (Å²) in [4.78, 5) is 23.3. The molecule has 0 aliphatic heterocycles. The largest absolute Gasteiger partial charge is 0.481 e. The lowest BCUT2D eigenvalue weighted by Gasteiger charge is -2.15. The van der Waals surface area contributed by atoms with Crippen LogP contribution in [0, 0.1) is 3.57 Å². The second-order valence-corrected chi connectivity index (χ2v) is 6.09. The highest BCUT2D eigenvalue weighted by Crippen LogP contribution is 2.16. The maximum Gasteiger partial charge on any atom is 0.265 e. The van der Waals surface area contributed by atoms with Gasteiger partial charge in [0.2, 0.25) is 0 Å². The SMILES string of the molecule is CC(=O)c1ccc(O[C@H](C)C(=O)Nc2cccc(I)c2)cc1. The van der Waals surface area contributed by atoms with Crippen LogP contribution in [0.15, 0.2) is 48.5 Å². The van der Waals surface area contributed by atoms with Crippen LogP contribution in [-0.4, -0.2) is 17.8 Å². The number of carbonyl (C=O) groups excluding carboxylic acids is 2. The number of amides is 1. The summed E-state index contributed by atoms with van der Waals surface area (Å²) in [6, 6.07) is 14.3. The molecule has 5 heteroatoms. The van der Waals surface area contributed by atoms with Crippen LogP contribution in [0.5, 0.6) is 5.75 Å². The number of Topliss-reactive ketones (excluding diaryl/α,β-unsaturated/α-hetero) is 1. The standard InChI is InChI=1S/C17H16INO3/c1-11(20)13-6-8-16(9-7-13)22-12(2)17(21)19-15-5-3-4-14(18)10-15/h3-10,12H,1-2H3,(H,19,21)/t12-/m1/s1. The first-order valence-electron chi connectivity index (χ1n) is 6.80. The second kappa shape index (κ2) is 7.40. The highest BCUT2D eigenvalue weighted by molar-refractivity contribution is 14.1. The molecule has 22 heavy (non-hydrogen) atoms. The molecule has 0 bridgehead atoms. The van der Waals surface area contributed by atoms with Gasteiger partial charge in [-0.25, -0.2) is 0 Å². The van der Waals surface area contributed by atoms with Gasteiger partial charge in [0.15, 0.2) is 11.9 Å². The average Bonchev–Trinajstić information content (AvgIpc) is 2.47. The molecule has 0 unspecified atom stereocenters. The Morgan fingerprint density at radius 3 is 2.41 bits per heavy atom. The van der Waals surface area contributed by atoms with Crippen LogP contribution in [0.1, 0.15) is 24.2 Å². The van der Waals surface area contributed by atoms with Gasteiger partial charge in [-0.15, -0.1) is 0 Å². The summed E-state index contributed by atoms with van der Waals surface area (Å²) in [6.07, 6.45) is -0.638. The van der Waals surface area contributed by atoms with Crippen LogP contribution >= 0.6 is 22.6 Å². The molecule has 1 atom stereocenters. The molecule has 114 valence electrons. The highest BCUT2D eigenvalue weighted by Gasteiger charge is 2.15. The molecule has 0 radical (unpaired) electrons. The van der Waals surface area contributed by atoms with E-state index in [4.69, 9.17) is 4.74 Å². The quantitative estimate of drug-likeness (QED) is 0.602. The van der Waals surface area contributed by atoms with E-state index in [1.807, 2.05) is 24.3 Å². The summed E-state index contributed by atoms with van der Waals surface area (Å²) in [5.41, 5.74) is 1.35. The van der Waals surface area contributed by atoms with Crippen molar-refractivity contribution < 1.29 is 14.3 Å². The van der Waals surface area contributed by atoms with Crippen molar-refractivity contribution in [3.05, 3.63) is 57.7 Å². The molecular formula is C17H16INO3. The molecule has 0 aromatic heterocycles. The van der Waals surface area contributed by atoms with E-state index in [0.29, 0.717) is 11.3 Å². The molecule has 0 spiro atoms. The maximum atomic E-state index is 12.1. The zero-order valence-corrected chi connectivity index (χ0v) is 14.5. The van der Waals surface area contributed by atoms with Crippen molar-refractivity contribution in [2.75, 3.05) is 5.32 Å². The minimum absolute atomic E-state index is 0.00368. The Bertz CT molecular complexity index is 683. The van der Waals surface area contributed by atoms with E-state index in [2.05, 4.69) is 27.9 Å². The summed E-state index contributed by atoms with van der Waals surface area (Å²) in [6.45, 7) is 3.19. The highest BCUT2D eigenvalue weighted by atomic mass is 127. The number of hydrogen-bond acceptors (Lipinski definition) is 3. The van der Waals surface area contributed by atoms with Crippen molar-refractivity contribution >= 4 is 40.0 Å². The number of benzene rings is 2. The van der Waals surface area contributed by atoms with Gasteiger partial charge in [-0.2, -0.15) is 0 Å². The molecule has 0 saturated heterocycles. The summed E-state index contributed by atoms with van der Waals surface area (Å²) >= 11 is 2.19. The van der Waals surface area contributed by atoms with Gasteiger partial charge >= 0.3 is 0 Å². The Balaban J connectivity index is 1.97. The molecule has 1 N–H and O–H groups in total. The molecule has 0 heterocycles. The first-order chi connectivity index (χ1) is 10.5. The van der Waals surface area contributed by atoms with E-state index in [1.165, 1.54) is 6.92 Å². The topological polar surface area (TPSA) is 55.4 Å². The predicted molar refractivity (Wildman–Crippen MR) is 94.3 cm³/mol. The molecule has 2 aromatic carbocycles. The van der Waals surface area contributed by atoms with E-state index in [9.17, 15) is 9.59 Å². The normalized spacial score (nSPS) is 11.6. The lowest BCUT2D eigenvalue weighted by atomic mass is 10.1. The minimum atomic E-state index is -0.638. The number of anilines is 1. The van der Waals surface area contributed by atoms with Crippen molar-refractivity contribution in [2.45, 2.75) is 20.0 Å².